The Bertz CT molecular complexity index is 654. The average Bonchev–Trinajstić information content (AvgIpc) is 3.27. The fourth-order valence-electron chi connectivity index (χ4n) is 2.13. The number of nitrogens with zero attached hydrogens (tertiary/aromatic N) is 3. The van der Waals surface area contributed by atoms with Gasteiger partial charge in [0.1, 0.15) is 10.8 Å². The number of carbonyl (C=O) groups is 1. The molecule has 1 aliphatic carbocycles. The Kier molecular flexibility index (Phi) is 4.44. The Hall–Kier alpha value is -1.86. The number of halogens is 1. The maximum absolute atomic E-state index is 12.8. The minimum Gasteiger partial charge on any atom is -0.346 e. The summed E-state index contributed by atoms with van der Waals surface area (Å²) in [4.78, 5) is 14.3. The third-order valence-corrected chi connectivity index (χ3v) is 4.49. The second-order valence-electron chi connectivity index (χ2n) is 5.46. The van der Waals surface area contributed by atoms with Gasteiger partial charge < -0.3 is 5.32 Å². The summed E-state index contributed by atoms with van der Waals surface area (Å²) in [6.07, 6.45) is 2.47. The van der Waals surface area contributed by atoms with E-state index in [0.717, 1.165) is 17.1 Å². The zero-order chi connectivity index (χ0) is 15.5. The molecule has 1 aliphatic rings. The summed E-state index contributed by atoms with van der Waals surface area (Å²) >= 11 is 1.32. The summed E-state index contributed by atoms with van der Waals surface area (Å²) in [6.45, 7) is 1.07. The molecule has 1 heterocycles. The Balaban J connectivity index is 1.53. The van der Waals surface area contributed by atoms with Gasteiger partial charge >= 0.3 is 0 Å². The van der Waals surface area contributed by atoms with Crippen LogP contribution in [-0.4, -0.2) is 34.1 Å². The molecule has 0 aliphatic heterocycles. The first-order valence-corrected chi connectivity index (χ1v) is 7.99. The minimum absolute atomic E-state index is 0.248. The molecule has 1 N–H and O–H groups in total. The highest BCUT2D eigenvalue weighted by atomic mass is 32.1. The maximum atomic E-state index is 12.8. The van der Waals surface area contributed by atoms with E-state index in [2.05, 4.69) is 27.5 Å². The fourth-order valence-corrected chi connectivity index (χ4v) is 2.95. The Morgan fingerprint density at radius 2 is 2.09 bits per heavy atom. The molecule has 1 fully saturated rings. The maximum Gasteiger partial charge on any atom is 0.282 e. The number of carbonyl (C=O) groups excluding carboxylic acids is 1. The van der Waals surface area contributed by atoms with E-state index in [0.29, 0.717) is 17.6 Å². The summed E-state index contributed by atoms with van der Waals surface area (Å²) < 4.78 is 12.8. The van der Waals surface area contributed by atoms with E-state index in [-0.39, 0.29) is 11.7 Å². The van der Waals surface area contributed by atoms with Gasteiger partial charge in [-0.15, -0.1) is 10.2 Å². The molecule has 0 bridgehead atoms. The summed E-state index contributed by atoms with van der Waals surface area (Å²) in [5.74, 6) is -0.536. The van der Waals surface area contributed by atoms with E-state index in [9.17, 15) is 9.18 Å². The Labute approximate surface area is 132 Å². The first-order chi connectivity index (χ1) is 10.6. The number of benzene rings is 1. The third-order valence-electron chi connectivity index (χ3n) is 3.58. The molecule has 1 aromatic heterocycles. The summed E-state index contributed by atoms with van der Waals surface area (Å²) in [5.41, 5.74) is 0.841. The Morgan fingerprint density at radius 3 is 2.77 bits per heavy atom. The number of rotatable bonds is 6. The Morgan fingerprint density at radius 1 is 1.36 bits per heavy atom. The first-order valence-electron chi connectivity index (χ1n) is 7.17. The van der Waals surface area contributed by atoms with Crippen molar-refractivity contribution >= 4 is 17.2 Å². The van der Waals surface area contributed by atoms with Crippen LogP contribution in [0.3, 0.4) is 0 Å². The van der Waals surface area contributed by atoms with Crippen molar-refractivity contribution in [3.63, 3.8) is 0 Å². The predicted octanol–water partition coefficient (Wildman–Crippen LogP) is 2.20. The molecule has 1 saturated carbocycles. The van der Waals surface area contributed by atoms with Crippen LogP contribution in [0.25, 0.3) is 0 Å². The van der Waals surface area contributed by atoms with Gasteiger partial charge in [0.05, 0.1) is 6.54 Å². The molecule has 1 amide bonds. The highest BCUT2D eigenvalue weighted by Gasteiger charge is 2.27. The smallest absolute Gasteiger partial charge is 0.282 e. The van der Waals surface area contributed by atoms with E-state index in [1.54, 1.807) is 12.1 Å². The molecule has 0 atom stereocenters. The van der Waals surface area contributed by atoms with Crippen LogP contribution >= 0.6 is 11.3 Å². The lowest BCUT2D eigenvalue weighted by atomic mass is 10.2. The van der Waals surface area contributed by atoms with Crippen LogP contribution in [-0.2, 0) is 13.1 Å². The average molecular weight is 320 g/mol. The van der Waals surface area contributed by atoms with Crippen molar-refractivity contribution in [1.29, 1.82) is 0 Å². The molecule has 0 saturated heterocycles. The largest absolute Gasteiger partial charge is 0.346 e. The van der Waals surface area contributed by atoms with E-state index >= 15 is 0 Å². The van der Waals surface area contributed by atoms with Crippen molar-refractivity contribution in [2.75, 3.05) is 7.05 Å². The van der Waals surface area contributed by atoms with Crippen LogP contribution in [0.4, 0.5) is 4.39 Å². The van der Waals surface area contributed by atoms with E-state index in [4.69, 9.17) is 0 Å². The van der Waals surface area contributed by atoms with Gasteiger partial charge in [0.25, 0.3) is 5.91 Å². The number of hydrogen-bond donors (Lipinski definition) is 1. The van der Waals surface area contributed by atoms with Crippen molar-refractivity contribution in [2.24, 2.45) is 0 Å². The zero-order valence-electron chi connectivity index (χ0n) is 12.3. The number of nitrogens with one attached hydrogen (secondary N) is 1. The van der Waals surface area contributed by atoms with Crippen LogP contribution in [0.5, 0.6) is 0 Å². The number of hydrogen-bond acceptors (Lipinski definition) is 5. The van der Waals surface area contributed by atoms with Gasteiger partial charge in [-0.25, -0.2) is 4.39 Å². The van der Waals surface area contributed by atoms with E-state index in [1.165, 1.54) is 36.3 Å². The van der Waals surface area contributed by atoms with Crippen LogP contribution < -0.4 is 5.32 Å². The van der Waals surface area contributed by atoms with Crippen molar-refractivity contribution in [1.82, 2.24) is 20.4 Å². The second-order valence-corrected chi connectivity index (χ2v) is 6.52. The van der Waals surface area contributed by atoms with Crippen LogP contribution in [0.1, 0.15) is 33.2 Å². The zero-order valence-corrected chi connectivity index (χ0v) is 13.1. The summed E-state index contributed by atoms with van der Waals surface area (Å²) in [7, 11) is 2.06. The molecule has 7 heteroatoms. The standard InChI is InChI=1S/C15H17FN4OS/c1-20(12-6-7-12)9-13-18-19-15(22-13)14(21)17-8-10-2-4-11(16)5-3-10/h2-5,12H,6-9H2,1H3,(H,17,21). The van der Waals surface area contributed by atoms with Gasteiger partial charge in [0.2, 0.25) is 5.01 Å². The molecule has 5 nitrogen and oxygen atoms in total. The van der Waals surface area contributed by atoms with Crippen molar-refractivity contribution in [3.8, 4) is 0 Å². The van der Waals surface area contributed by atoms with Crippen LogP contribution in [0.2, 0.25) is 0 Å². The molecule has 0 unspecified atom stereocenters. The molecular weight excluding hydrogens is 303 g/mol. The molecule has 1 aromatic carbocycles. The van der Waals surface area contributed by atoms with Crippen molar-refractivity contribution in [2.45, 2.75) is 32.0 Å². The van der Waals surface area contributed by atoms with Crippen molar-refractivity contribution in [3.05, 3.63) is 45.7 Å². The topological polar surface area (TPSA) is 58.1 Å². The number of amides is 1. The third kappa shape index (κ3) is 3.86. The van der Waals surface area contributed by atoms with Gasteiger partial charge in [0.15, 0.2) is 0 Å². The van der Waals surface area contributed by atoms with Gasteiger partial charge in [-0.3, -0.25) is 9.69 Å². The SMILES string of the molecule is CN(Cc1nnc(C(=O)NCc2ccc(F)cc2)s1)C1CC1. The monoisotopic (exact) mass is 320 g/mol. The molecule has 116 valence electrons. The van der Waals surface area contributed by atoms with Gasteiger partial charge in [0, 0.05) is 12.6 Å². The van der Waals surface area contributed by atoms with E-state index < -0.39 is 0 Å². The van der Waals surface area contributed by atoms with Crippen LogP contribution in [0, 0.1) is 5.82 Å². The lowest BCUT2D eigenvalue weighted by molar-refractivity contribution is 0.0950. The molecule has 2 aromatic rings. The first kappa shape index (κ1) is 15.1. The molecule has 0 spiro atoms. The van der Waals surface area contributed by atoms with Gasteiger partial charge in [-0.2, -0.15) is 0 Å². The summed E-state index contributed by atoms with van der Waals surface area (Å²) in [6, 6.07) is 6.69. The molecule has 0 radical (unpaired) electrons. The van der Waals surface area contributed by atoms with Crippen molar-refractivity contribution < 1.29 is 9.18 Å². The molecular formula is C15H17FN4OS. The van der Waals surface area contributed by atoms with Gasteiger partial charge in [-0.05, 0) is 37.6 Å². The fraction of sp³-hybridized carbons (Fsp3) is 0.400. The van der Waals surface area contributed by atoms with Gasteiger partial charge in [-0.1, -0.05) is 23.5 Å². The quantitative estimate of drug-likeness (QED) is 0.886. The normalized spacial score (nSPS) is 14.3. The second kappa shape index (κ2) is 6.50. The predicted molar refractivity (Wildman–Crippen MR) is 82.0 cm³/mol. The van der Waals surface area contributed by atoms with Crippen LogP contribution in [0.15, 0.2) is 24.3 Å². The molecule has 3 rings (SSSR count). The highest BCUT2D eigenvalue weighted by molar-refractivity contribution is 7.13. The highest BCUT2D eigenvalue weighted by Crippen LogP contribution is 2.27. The lowest BCUT2D eigenvalue weighted by Crippen LogP contribution is -2.22. The minimum atomic E-state index is -0.288. The number of aromatic nitrogens is 2. The van der Waals surface area contributed by atoms with E-state index in [1.807, 2.05) is 0 Å². The molecule has 22 heavy (non-hydrogen) atoms. The lowest BCUT2D eigenvalue weighted by Gasteiger charge is -2.12. The summed E-state index contributed by atoms with van der Waals surface area (Å²) in [5, 5.41) is 12.0.